The summed E-state index contributed by atoms with van der Waals surface area (Å²) in [6.07, 6.45) is 0. The van der Waals surface area contributed by atoms with Crippen molar-refractivity contribution in [2.75, 3.05) is 11.3 Å². The molecule has 8 heteroatoms. The maximum Gasteiger partial charge on any atom is 0.263 e. The van der Waals surface area contributed by atoms with E-state index in [4.69, 9.17) is 11.6 Å². The highest BCUT2D eigenvalue weighted by atomic mass is 127. The van der Waals surface area contributed by atoms with Crippen LogP contribution in [0.1, 0.15) is 11.8 Å². The van der Waals surface area contributed by atoms with E-state index in [-0.39, 0.29) is 0 Å². The van der Waals surface area contributed by atoms with E-state index in [1.54, 1.807) is 29.6 Å². The number of rotatable bonds is 6. The number of sulfonamides is 1. The Labute approximate surface area is 147 Å². The van der Waals surface area contributed by atoms with E-state index < -0.39 is 10.0 Å². The Balaban J connectivity index is 2.28. The lowest BCUT2D eigenvalue weighted by molar-refractivity contribution is 0.599. The van der Waals surface area contributed by atoms with Crippen LogP contribution in [0, 0.1) is 3.57 Å². The second-order valence-corrected chi connectivity index (χ2v) is 8.52. The highest BCUT2D eigenvalue weighted by Gasteiger charge is 2.20. The molecule has 0 unspecified atom stereocenters. The van der Waals surface area contributed by atoms with Crippen LogP contribution in [-0.4, -0.2) is 15.0 Å². The molecule has 0 aliphatic rings. The number of hydrogen-bond acceptors (Lipinski definition) is 4. The van der Waals surface area contributed by atoms with Gasteiger partial charge in [0.15, 0.2) is 0 Å². The first-order valence-corrected chi connectivity index (χ1v) is 10.0. The van der Waals surface area contributed by atoms with Gasteiger partial charge in [-0.1, -0.05) is 18.5 Å². The normalized spacial score (nSPS) is 11.6. The van der Waals surface area contributed by atoms with Crippen LogP contribution in [0.5, 0.6) is 0 Å². The fraction of sp³-hybridized carbons (Fsp3) is 0.231. The maximum absolute atomic E-state index is 12.5. The summed E-state index contributed by atoms with van der Waals surface area (Å²) in [5.74, 6) is 0. The summed E-state index contributed by atoms with van der Waals surface area (Å²) in [5.41, 5.74) is 0.387. The van der Waals surface area contributed by atoms with E-state index in [1.807, 2.05) is 6.92 Å². The van der Waals surface area contributed by atoms with Gasteiger partial charge in [-0.05, 0) is 58.8 Å². The molecule has 1 aromatic carbocycles. The van der Waals surface area contributed by atoms with Crippen molar-refractivity contribution in [3.05, 3.63) is 43.1 Å². The van der Waals surface area contributed by atoms with Gasteiger partial charge in [0.1, 0.15) is 4.90 Å². The zero-order chi connectivity index (χ0) is 15.5. The Morgan fingerprint density at radius 1 is 1.33 bits per heavy atom. The van der Waals surface area contributed by atoms with Gasteiger partial charge >= 0.3 is 0 Å². The van der Waals surface area contributed by atoms with Gasteiger partial charge in [0, 0.05) is 15.0 Å². The minimum absolute atomic E-state index is 0.295. The fourth-order valence-corrected chi connectivity index (χ4v) is 5.16. The quantitative estimate of drug-likeness (QED) is 0.648. The summed E-state index contributed by atoms with van der Waals surface area (Å²) in [6, 6.07) is 6.79. The molecule has 4 nitrogen and oxygen atoms in total. The summed E-state index contributed by atoms with van der Waals surface area (Å²) in [7, 11) is -3.63. The molecule has 0 saturated heterocycles. The van der Waals surface area contributed by atoms with Crippen LogP contribution in [0.15, 0.2) is 34.5 Å². The smallest absolute Gasteiger partial charge is 0.263 e. The Kier molecular flexibility index (Phi) is 5.89. The average Bonchev–Trinajstić information content (AvgIpc) is 2.89. The van der Waals surface area contributed by atoms with Crippen LogP contribution in [-0.2, 0) is 16.6 Å². The first-order valence-electron chi connectivity index (χ1n) is 6.19. The Bertz CT molecular complexity index is 732. The van der Waals surface area contributed by atoms with Crippen LogP contribution in [0.2, 0.25) is 5.02 Å². The van der Waals surface area contributed by atoms with Crippen LogP contribution >= 0.6 is 45.5 Å². The first-order chi connectivity index (χ1) is 9.94. The van der Waals surface area contributed by atoms with Crippen LogP contribution in [0.25, 0.3) is 0 Å². The van der Waals surface area contributed by atoms with Crippen molar-refractivity contribution in [2.24, 2.45) is 0 Å². The third-order valence-corrected chi connectivity index (χ3v) is 6.19. The van der Waals surface area contributed by atoms with Crippen LogP contribution in [0.4, 0.5) is 5.69 Å². The molecular formula is C13H14ClIN2O2S2. The summed E-state index contributed by atoms with van der Waals surface area (Å²) in [6.45, 7) is 3.30. The fourth-order valence-electron chi connectivity index (χ4n) is 1.71. The highest BCUT2D eigenvalue weighted by molar-refractivity contribution is 14.1. The largest absolute Gasteiger partial charge is 0.312 e. The minimum atomic E-state index is -3.63. The zero-order valence-electron chi connectivity index (χ0n) is 11.2. The van der Waals surface area contributed by atoms with Crippen molar-refractivity contribution in [1.29, 1.82) is 0 Å². The lowest BCUT2D eigenvalue weighted by atomic mass is 10.3. The zero-order valence-corrected chi connectivity index (χ0v) is 15.7. The number of halogens is 2. The van der Waals surface area contributed by atoms with E-state index in [2.05, 4.69) is 32.6 Å². The molecule has 0 spiro atoms. The van der Waals surface area contributed by atoms with Crippen molar-refractivity contribution >= 4 is 61.2 Å². The second kappa shape index (κ2) is 7.28. The van der Waals surface area contributed by atoms with Gasteiger partial charge in [0.25, 0.3) is 10.0 Å². The molecule has 0 fully saturated rings. The molecule has 0 aliphatic heterocycles. The summed E-state index contributed by atoms with van der Waals surface area (Å²) < 4.78 is 28.5. The molecule has 0 bridgehead atoms. The molecule has 21 heavy (non-hydrogen) atoms. The van der Waals surface area contributed by atoms with E-state index in [0.29, 0.717) is 22.2 Å². The van der Waals surface area contributed by atoms with E-state index in [9.17, 15) is 8.42 Å². The molecule has 0 aliphatic carbocycles. The molecule has 1 heterocycles. The monoisotopic (exact) mass is 456 g/mol. The molecule has 2 aromatic rings. The van der Waals surface area contributed by atoms with Gasteiger partial charge < -0.3 is 5.32 Å². The molecule has 114 valence electrons. The maximum atomic E-state index is 12.5. The van der Waals surface area contributed by atoms with Gasteiger partial charge in [-0.2, -0.15) is 0 Å². The molecule has 0 amide bonds. The van der Waals surface area contributed by atoms with Crippen molar-refractivity contribution in [3.8, 4) is 0 Å². The van der Waals surface area contributed by atoms with Crippen LogP contribution in [0.3, 0.4) is 0 Å². The van der Waals surface area contributed by atoms with Gasteiger partial charge in [0.2, 0.25) is 0 Å². The SMILES string of the molecule is CCNCc1sccc1S(=O)(=O)Nc1ccc(I)cc1Cl. The van der Waals surface area contributed by atoms with Crippen molar-refractivity contribution in [2.45, 2.75) is 18.4 Å². The second-order valence-electron chi connectivity index (χ2n) is 4.22. The van der Waals surface area contributed by atoms with Crippen molar-refractivity contribution in [1.82, 2.24) is 5.32 Å². The van der Waals surface area contributed by atoms with E-state index in [1.165, 1.54) is 11.3 Å². The van der Waals surface area contributed by atoms with Gasteiger partial charge in [0.05, 0.1) is 10.7 Å². The summed E-state index contributed by atoms with van der Waals surface area (Å²) in [4.78, 5) is 1.08. The lowest BCUT2D eigenvalue weighted by Crippen LogP contribution is -2.17. The van der Waals surface area contributed by atoms with Crippen LogP contribution < -0.4 is 10.0 Å². The lowest BCUT2D eigenvalue weighted by Gasteiger charge is -2.10. The Morgan fingerprint density at radius 3 is 2.76 bits per heavy atom. The minimum Gasteiger partial charge on any atom is -0.312 e. The number of anilines is 1. The Hall–Kier alpha value is -0.350. The molecule has 2 N–H and O–H groups in total. The first kappa shape index (κ1) is 17.0. The summed E-state index contributed by atoms with van der Waals surface area (Å²) >= 11 is 9.62. The van der Waals surface area contributed by atoms with Crippen molar-refractivity contribution < 1.29 is 8.42 Å². The topological polar surface area (TPSA) is 58.2 Å². The van der Waals surface area contributed by atoms with E-state index >= 15 is 0 Å². The molecule has 0 saturated carbocycles. The predicted molar refractivity (Wildman–Crippen MR) is 96.7 cm³/mol. The van der Waals surface area contributed by atoms with Gasteiger partial charge in [-0.3, -0.25) is 4.72 Å². The molecular weight excluding hydrogens is 443 g/mol. The van der Waals surface area contributed by atoms with E-state index in [0.717, 1.165) is 15.0 Å². The number of hydrogen-bond donors (Lipinski definition) is 2. The summed E-state index contributed by atoms with van der Waals surface area (Å²) in [5, 5.41) is 5.29. The van der Waals surface area contributed by atoms with Crippen molar-refractivity contribution in [3.63, 3.8) is 0 Å². The number of nitrogens with one attached hydrogen (secondary N) is 2. The van der Waals surface area contributed by atoms with Gasteiger partial charge in [-0.25, -0.2) is 8.42 Å². The Morgan fingerprint density at radius 2 is 2.10 bits per heavy atom. The standard InChI is InChI=1S/C13H14ClIN2O2S2/c1-2-16-8-12-13(5-6-20-12)21(18,19)17-11-4-3-9(15)7-10(11)14/h3-7,16-17H,2,8H2,1H3. The third-order valence-electron chi connectivity index (χ3n) is 2.71. The molecule has 1 aromatic heterocycles. The highest BCUT2D eigenvalue weighted by Crippen LogP contribution is 2.28. The van der Waals surface area contributed by atoms with Gasteiger partial charge in [-0.15, -0.1) is 11.3 Å². The molecule has 2 rings (SSSR count). The predicted octanol–water partition coefficient (Wildman–Crippen LogP) is 3.92. The molecule has 0 atom stereocenters. The number of thiophene rings is 1. The third kappa shape index (κ3) is 4.32. The average molecular weight is 457 g/mol. The number of benzene rings is 1. The molecule has 0 radical (unpaired) electrons.